The highest BCUT2D eigenvalue weighted by atomic mass is 32.2. The number of aryl methyl sites for hydroxylation is 1. The standard InChI is InChI=1S/C22H20N2O3S/c1-14-3-5-15(6-4-14)18-11-20(25)24-21(19(18)12-23)28-13-22(24,26)16-7-9-17(27-2)10-8-16/h3-10,18,26H,11,13H2,1-2H3/t18-,22-/m1/s1. The molecule has 2 aliphatic heterocycles. The van der Waals surface area contributed by atoms with Gasteiger partial charge in [0.1, 0.15) is 5.75 Å². The number of nitriles is 1. The van der Waals surface area contributed by atoms with Crippen LogP contribution in [0.25, 0.3) is 0 Å². The summed E-state index contributed by atoms with van der Waals surface area (Å²) >= 11 is 1.36. The average molecular weight is 392 g/mol. The quantitative estimate of drug-likeness (QED) is 0.863. The maximum atomic E-state index is 13.1. The van der Waals surface area contributed by atoms with Crippen LogP contribution in [0.3, 0.4) is 0 Å². The zero-order valence-electron chi connectivity index (χ0n) is 15.7. The van der Waals surface area contributed by atoms with Gasteiger partial charge in [-0.2, -0.15) is 5.26 Å². The minimum absolute atomic E-state index is 0.161. The number of rotatable bonds is 3. The number of methoxy groups -OCH3 is 1. The predicted molar refractivity (Wildman–Crippen MR) is 107 cm³/mol. The van der Waals surface area contributed by atoms with E-state index in [1.54, 1.807) is 31.4 Å². The second-order valence-electron chi connectivity index (χ2n) is 7.06. The van der Waals surface area contributed by atoms with Crippen LogP contribution in [0.1, 0.15) is 29.0 Å². The zero-order chi connectivity index (χ0) is 19.9. The topological polar surface area (TPSA) is 73.6 Å². The van der Waals surface area contributed by atoms with E-state index in [2.05, 4.69) is 6.07 Å². The molecule has 1 N–H and O–H groups in total. The molecule has 0 aromatic heterocycles. The van der Waals surface area contributed by atoms with Crippen molar-refractivity contribution in [2.75, 3.05) is 12.9 Å². The van der Waals surface area contributed by atoms with Crippen LogP contribution in [0.15, 0.2) is 59.1 Å². The largest absolute Gasteiger partial charge is 0.497 e. The molecule has 0 unspecified atom stereocenters. The molecular weight excluding hydrogens is 372 g/mol. The summed E-state index contributed by atoms with van der Waals surface area (Å²) in [7, 11) is 1.58. The first-order valence-corrected chi connectivity index (χ1v) is 10.00. The summed E-state index contributed by atoms with van der Waals surface area (Å²) in [5.74, 6) is 0.500. The highest BCUT2D eigenvalue weighted by Crippen LogP contribution is 2.51. The molecular formula is C22H20N2O3S. The van der Waals surface area contributed by atoms with E-state index in [1.165, 1.54) is 16.7 Å². The number of carbonyl (C=O) groups is 1. The minimum Gasteiger partial charge on any atom is -0.497 e. The first-order chi connectivity index (χ1) is 13.5. The van der Waals surface area contributed by atoms with Gasteiger partial charge in [-0.1, -0.05) is 42.0 Å². The molecule has 2 aromatic carbocycles. The number of carbonyl (C=O) groups excluding carboxylic acids is 1. The molecule has 4 rings (SSSR count). The van der Waals surface area contributed by atoms with Crippen LogP contribution >= 0.6 is 11.8 Å². The molecule has 5 nitrogen and oxygen atoms in total. The first kappa shape index (κ1) is 18.6. The van der Waals surface area contributed by atoms with Crippen molar-refractivity contribution >= 4 is 17.7 Å². The van der Waals surface area contributed by atoms with Crippen LogP contribution in [0.5, 0.6) is 5.75 Å². The molecule has 1 fully saturated rings. The van der Waals surface area contributed by atoms with Gasteiger partial charge in [-0.3, -0.25) is 9.69 Å². The SMILES string of the molecule is COc1ccc([C@]2(O)CSC3=C(C#N)[C@@H](c4ccc(C)cc4)CC(=O)N32)cc1. The molecule has 2 atom stereocenters. The third-order valence-electron chi connectivity index (χ3n) is 5.34. The van der Waals surface area contributed by atoms with Crippen molar-refractivity contribution < 1.29 is 14.6 Å². The summed E-state index contributed by atoms with van der Waals surface area (Å²) in [6.45, 7) is 2.00. The molecule has 6 heteroatoms. The molecule has 0 bridgehead atoms. The lowest BCUT2D eigenvalue weighted by Crippen LogP contribution is -2.48. The number of nitrogens with zero attached hydrogens (tertiary/aromatic N) is 2. The Hall–Kier alpha value is -2.75. The fourth-order valence-electron chi connectivity index (χ4n) is 3.78. The van der Waals surface area contributed by atoms with Crippen molar-refractivity contribution in [2.24, 2.45) is 0 Å². The molecule has 2 aliphatic rings. The minimum atomic E-state index is -1.47. The van der Waals surface area contributed by atoms with Crippen LogP contribution in [0, 0.1) is 18.3 Å². The van der Waals surface area contributed by atoms with Crippen LogP contribution in [-0.2, 0) is 10.5 Å². The lowest BCUT2D eigenvalue weighted by Gasteiger charge is -2.38. The smallest absolute Gasteiger partial charge is 0.231 e. The van der Waals surface area contributed by atoms with Gasteiger partial charge in [-0.15, -0.1) is 11.8 Å². The Morgan fingerprint density at radius 1 is 1.21 bits per heavy atom. The summed E-state index contributed by atoms with van der Waals surface area (Å²) in [6, 6.07) is 17.2. The van der Waals surface area contributed by atoms with Crippen LogP contribution in [0.4, 0.5) is 0 Å². The molecule has 0 saturated carbocycles. The number of ether oxygens (including phenoxy) is 1. The monoisotopic (exact) mass is 392 g/mol. The van der Waals surface area contributed by atoms with Crippen molar-refractivity contribution in [1.29, 1.82) is 5.26 Å². The van der Waals surface area contributed by atoms with E-state index < -0.39 is 5.72 Å². The van der Waals surface area contributed by atoms with Crippen molar-refractivity contribution in [1.82, 2.24) is 4.90 Å². The average Bonchev–Trinajstić information content (AvgIpc) is 3.08. The molecule has 0 radical (unpaired) electrons. The van der Waals surface area contributed by atoms with Gasteiger partial charge in [0.2, 0.25) is 5.91 Å². The number of hydrogen-bond donors (Lipinski definition) is 1. The van der Waals surface area contributed by atoms with Crippen LogP contribution in [0.2, 0.25) is 0 Å². The van der Waals surface area contributed by atoms with E-state index >= 15 is 0 Å². The van der Waals surface area contributed by atoms with Gasteiger partial charge in [0.25, 0.3) is 0 Å². The molecule has 0 spiro atoms. The molecule has 2 heterocycles. The summed E-state index contributed by atoms with van der Waals surface area (Å²) in [5.41, 5.74) is 1.75. The van der Waals surface area contributed by atoms with Crippen molar-refractivity contribution in [3.63, 3.8) is 0 Å². The number of amides is 1. The van der Waals surface area contributed by atoms with E-state index in [1.807, 2.05) is 31.2 Å². The number of thioether (sulfide) groups is 1. The Kier molecular flexibility index (Phi) is 4.66. The number of benzene rings is 2. The van der Waals surface area contributed by atoms with Gasteiger partial charge in [-0.05, 0) is 24.6 Å². The summed E-state index contributed by atoms with van der Waals surface area (Å²) in [5, 5.41) is 21.8. The van der Waals surface area contributed by atoms with Gasteiger partial charge in [-0.25, -0.2) is 0 Å². The second kappa shape index (κ2) is 7.01. The highest BCUT2D eigenvalue weighted by Gasteiger charge is 2.51. The number of fused-ring (bicyclic) bond motifs is 1. The molecule has 0 aliphatic carbocycles. The van der Waals surface area contributed by atoms with E-state index in [0.29, 0.717) is 21.9 Å². The Labute approximate surface area is 168 Å². The van der Waals surface area contributed by atoms with Crippen molar-refractivity contribution in [2.45, 2.75) is 25.0 Å². The zero-order valence-corrected chi connectivity index (χ0v) is 16.5. The molecule has 142 valence electrons. The summed E-state index contributed by atoms with van der Waals surface area (Å²) < 4.78 is 5.18. The lowest BCUT2D eigenvalue weighted by molar-refractivity contribution is -0.149. The number of hydrogen-bond acceptors (Lipinski definition) is 5. The molecule has 2 aromatic rings. The lowest BCUT2D eigenvalue weighted by atomic mass is 9.85. The molecule has 1 saturated heterocycles. The Balaban J connectivity index is 1.77. The Bertz CT molecular complexity index is 992. The first-order valence-electron chi connectivity index (χ1n) is 9.01. The molecule has 28 heavy (non-hydrogen) atoms. The predicted octanol–water partition coefficient (Wildman–Crippen LogP) is 3.65. The maximum Gasteiger partial charge on any atom is 0.231 e. The summed E-state index contributed by atoms with van der Waals surface area (Å²) in [6.07, 6.45) is 0.161. The molecule has 1 amide bonds. The second-order valence-corrected chi connectivity index (χ2v) is 8.03. The normalized spacial score (nSPS) is 24.1. The fraction of sp³-hybridized carbons (Fsp3) is 0.273. The fourth-order valence-corrected chi connectivity index (χ4v) is 5.14. The third-order valence-corrected chi connectivity index (χ3v) is 6.57. The van der Waals surface area contributed by atoms with Gasteiger partial charge >= 0.3 is 0 Å². The van der Waals surface area contributed by atoms with E-state index in [-0.39, 0.29) is 24.0 Å². The van der Waals surface area contributed by atoms with E-state index in [0.717, 1.165) is 11.1 Å². The van der Waals surface area contributed by atoms with Crippen molar-refractivity contribution in [3.05, 3.63) is 75.8 Å². The van der Waals surface area contributed by atoms with Gasteiger partial charge in [0.15, 0.2) is 5.72 Å². The third kappa shape index (κ3) is 2.88. The highest BCUT2D eigenvalue weighted by molar-refractivity contribution is 8.03. The number of aliphatic hydroxyl groups is 1. The van der Waals surface area contributed by atoms with Crippen LogP contribution < -0.4 is 4.74 Å². The summed E-state index contributed by atoms with van der Waals surface area (Å²) in [4.78, 5) is 14.5. The maximum absolute atomic E-state index is 13.1. The van der Waals surface area contributed by atoms with Gasteiger partial charge < -0.3 is 9.84 Å². The Morgan fingerprint density at radius 3 is 2.50 bits per heavy atom. The van der Waals surface area contributed by atoms with E-state index in [9.17, 15) is 15.2 Å². The van der Waals surface area contributed by atoms with Gasteiger partial charge in [0, 0.05) is 17.9 Å². The van der Waals surface area contributed by atoms with Crippen LogP contribution in [-0.4, -0.2) is 28.8 Å². The van der Waals surface area contributed by atoms with Gasteiger partial charge in [0.05, 0.1) is 29.5 Å². The van der Waals surface area contributed by atoms with Crippen molar-refractivity contribution in [3.8, 4) is 11.8 Å². The Morgan fingerprint density at radius 2 is 1.89 bits per heavy atom. The number of allylic oxidation sites excluding steroid dienone is 1. The van der Waals surface area contributed by atoms with E-state index in [4.69, 9.17) is 4.74 Å².